The fraction of sp³-hybridized carbons (Fsp3) is 0.625. The van der Waals surface area contributed by atoms with E-state index in [9.17, 15) is 0 Å². The Morgan fingerprint density at radius 3 is 2.76 bits per heavy atom. The van der Waals surface area contributed by atoms with E-state index in [0.717, 1.165) is 0 Å². The van der Waals surface area contributed by atoms with Crippen LogP contribution in [0.15, 0.2) is 24.3 Å². The van der Waals surface area contributed by atoms with Crippen LogP contribution < -0.4 is 5.32 Å². The minimum Gasteiger partial charge on any atom is -0.314 e. The Labute approximate surface area is 105 Å². The largest absolute Gasteiger partial charge is 0.314 e. The lowest BCUT2D eigenvalue weighted by atomic mass is 9.53. The van der Waals surface area contributed by atoms with E-state index in [1.165, 1.54) is 25.8 Å². The molecular formula is C16H23N. The molecule has 1 heterocycles. The number of benzene rings is 1. The molecular weight excluding hydrogens is 206 g/mol. The highest BCUT2D eigenvalue weighted by molar-refractivity contribution is 5.40. The zero-order chi connectivity index (χ0) is 12.1. The molecule has 2 atom stereocenters. The smallest absolute Gasteiger partial charge is 0.0116 e. The van der Waals surface area contributed by atoms with Gasteiger partial charge in [0.05, 0.1) is 0 Å². The molecule has 92 valence electrons. The van der Waals surface area contributed by atoms with Gasteiger partial charge in [0.15, 0.2) is 0 Å². The van der Waals surface area contributed by atoms with Crippen LogP contribution in [0, 0.1) is 5.41 Å². The molecule has 1 nitrogen and oxygen atoms in total. The van der Waals surface area contributed by atoms with Crippen LogP contribution >= 0.6 is 0 Å². The van der Waals surface area contributed by atoms with Crippen molar-refractivity contribution in [2.45, 2.75) is 51.5 Å². The number of fused-ring (bicyclic) bond motifs is 4. The van der Waals surface area contributed by atoms with Crippen LogP contribution in [0.4, 0.5) is 0 Å². The van der Waals surface area contributed by atoms with E-state index in [0.29, 0.717) is 16.9 Å². The first-order valence-electron chi connectivity index (χ1n) is 6.85. The summed E-state index contributed by atoms with van der Waals surface area (Å²) in [6, 6.07) is 9.81. The summed E-state index contributed by atoms with van der Waals surface area (Å²) >= 11 is 0. The second-order valence-corrected chi connectivity index (χ2v) is 6.80. The molecule has 2 aliphatic rings. The molecule has 0 radical (unpaired) electrons. The summed E-state index contributed by atoms with van der Waals surface area (Å²) in [4.78, 5) is 0. The van der Waals surface area contributed by atoms with Crippen LogP contribution in [-0.2, 0) is 11.8 Å². The Hall–Kier alpha value is -0.820. The van der Waals surface area contributed by atoms with Gasteiger partial charge < -0.3 is 5.32 Å². The standard InChI is InChI=1S/C16H23N/c1-15(2,3)16-8-9-17-13(11-16)10-12-6-4-5-7-14(12)16/h4-7,13,17H,8-11H2,1-3H3/t13-,16+/m0/s1. The maximum absolute atomic E-state index is 3.69. The minimum atomic E-state index is 0.351. The summed E-state index contributed by atoms with van der Waals surface area (Å²) < 4.78 is 0. The Balaban J connectivity index is 2.19. The molecule has 1 heteroatoms. The van der Waals surface area contributed by atoms with Crippen molar-refractivity contribution < 1.29 is 0 Å². The molecule has 0 spiro atoms. The highest BCUT2D eigenvalue weighted by Crippen LogP contribution is 2.52. The van der Waals surface area contributed by atoms with Gasteiger partial charge in [-0.3, -0.25) is 0 Å². The summed E-state index contributed by atoms with van der Waals surface area (Å²) in [7, 11) is 0. The predicted molar refractivity (Wildman–Crippen MR) is 72.3 cm³/mol. The summed E-state index contributed by atoms with van der Waals surface area (Å²) in [5, 5.41) is 3.69. The third kappa shape index (κ3) is 1.55. The first-order valence-corrected chi connectivity index (χ1v) is 6.85. The Morgan fingerprint density at radius 2 is 2.00 bits per heavy atom. The van der Waals surface area contributed by atoms with Gasteiger partial charge in [0.1, 0.15) is 0 Å². The van der Waals surface area contributed by atoms with Crippen LogP contribution in [0.2, 0.25) is 0 Å². The molecule has 1 aromatic carbocycles. The molecule has 2 bridgehead atoms. The zero-order valence-corrected chi connectivity index (χ0v) is 11.2. The molecule has 1 aromatic rings. The van der Waals surface area contributed by atoms with Gasteiger partial charge in [-0.1, -0.05) is 45.0 Å². The lowest BCUT2D eigenvalue weighted by Gasteiger charge is -2.54. The van der Waals surface area contributed by atoms with E-state index < -0.39 is 0 Å². The van der Waals surface area contributed by atoms with Crippen LogP contribution in [0.25, 0.3) is 0 Å². The summed E-state index contributed by atoms with van der Waals surface area (Å²) in [6.45, 7) is 8.42. The van der Waals surface area contributed by atoms with Crippen LogP contribution in [-0.4, -0.2) is 12.6 Å². The lowest BCUT2D eigenvalue weighted by Crippen LogP contribution is -2.56. The zero-order valence-electron chi connectivity index (χ0n) is 11.2. The van der Waals surface area contributed by atoms with Crippen LogP contribution in [0.3, 0.4) is 0 Å². The first kappa shape index (κ1) is 11.3. The SMILES string of the molecule is CC(C)(C)[C@@]12CCN[C@@H](Cc3ccccc31)C2. The number of hydrogen-bond donors (Lipinski definition) is 1. The van der Waals surface area contributed by atoms with E-state index >= 15 is 0 Å². The molecule has 0 aromatic heterocycles. The number of hydrogen-bond acceptors (Lipinski definition) is 1. The molecule has 0 amide bonds. The van der Waals surface area contributed by atoms with Crippen molar-refractivity contribution in [3.05, 3.63) is 35.4 Å². The van der Waals surface area contributed by atoms with E-state index in [-0.39, 0.29) is 0 Å². The Morgan fingerprint density at radius 1 is 1.24 bits per heavy atom. The van der Waals surface area contributed by atoms with Crippen molar-refractivity contribution >= 4 is 0 Å². The number of nitrogens with one attached hydrogen (secondary N) is 1. The van der Waals surface area contributed by atoms with E-state index in [1.807, 2.05) is 0 Å². The van der Waals surface area contributed by atoms with Crippen molar-refractivity contribution in [1.29, 1.82) is 0 Å². The third-order valence-electron chi connectivity index (χ3n) is 5.01. The maximum Gasteiger partial charge on any atom is 0.0116 e. The number of rotatable bonds is 0. The molecule has 1 fully saturated rings. The first-order chi connectivity index (χ1) is 8.03. The quantitative estimate of drug-likeness (QED) is 0.720. The molecule has 3 rings (SSSR count). The van der Waals surface area contributed by atoms with E-state index in [2.05, 4.69) is 50.4 Å². The van der Waals surface area contributed by atoms with Gasteiger partial charge in [-0.05, 0) is 42.3 Å². The van der Waals surface area contributed by atoms with Crippen molar-refractivity contribution in [3.63, 3.8) is 0 Å². The van der Waals surface area contributed by atoms with Crippen molar-refractivity contribution in [3.8, 4) is 0 Å². The van der Waals surface area contributed by atoms with E-state index in [4.69, 9.17) is 0 Å². The third-order valence-corrected chi connectivity index (χ3v) is 5.01. The van der Waals surface area contributed by atoms with Gasteiger partial charge in [-0.25, -0.2) is 0 Å². The Bertz CT molecular complexity index is 429. The second-order valence-electron chi connectivity index (χ2n) is 6.80. The van der Waals surface area contributed by atoms with Gasteiger partial charge >= 0.3 is 0 Å². The van der Waals surface area contributed by atoms with Crippen molar-refractivity contribution in [1.82, 2.24) is 5.32 Å². The Kier molecular flexibility index (Phi) is 2.38. The molecule has 17 heavy (non-hydrogen) atoms. The van der Waals surface area contributed by atoms with Gasteiger partial charge in [0.25, 0.3) is 0 Å². The summed E-state index contributed by atoms with van der Waals surface area (Å²) in [5.41, 5.74) is 3.94. The minimum absolute atomic E-state index is 0.351. The summed E-state index contributed by atoms with van der Waals surface area (Å²) in [6.07, 6.45) is 3.81. The molecule has 1 saturated heterocycles. The lowest BCUT2D eigenvalue weighted by molar-refractivity contribution is 0.0986. The van der Waals surface area contributed by atoms with E-state index in [1.54, 1.807) is 11.1 Å². The van der Waals surface area contributed by atoms with Gasteiger partial charge in [0.2, 0.25) is 0 Å². The molecule has 1 N–H and O–H groups in total. The summed E-state index contributed by atoms with van der Waals surface area (Å²) in [5.74, 6) is 0. The topological polar surface area (TPSA) is 12.0 Å². The molecule has 1 aliphatic heterocycles. The predicted octanol–water partition coefficient (Wildman–Crippen LogP) is 3.28. The van der Waals surface area contributed by atoms with Crippen LogP contribution in [0.5, 0.6) is 0 Å². The number of piperidine rings is 1. The van der Waals surface area contributed by atoms with Crippen molar-refractivity contribution in [2.75, 3.05) is 6.54 Å². The molecule has 0 unspecified atom stereocenters. The second kappa shape index (κ2) is 3.58. The fourth-order valence-corrected chi connectivity index (χ4v) is 3.99. The van der Waals surface area contributed by atoms with Crippen molar-refractivity contribution in [2.24, 2.45) is 5.41 Å². The fourth-order valence-electron chi connectivity index (χ4n) is 3.99. The van der Waals surface area contributed by atoms with Gasteiger partial charge in [-0.15, -0.1) is 0 Å². The molecule has 1 aliphatic carbocycles. The monoisotopic (exact) mass is 229 g/mol. The highest BCUT2D eigenvalue weighted by atomic mass is 14.9. The highest BCUT2D eigenvalue weighted by Gasteiger charge is 2.49. The maximum atomic E-state index is 3.69. The van der Waals surface area contributed by atoms with Gasteiger partial charge in [-0.2, -0.15) is 0 Å². The molecule has 0 saturated carbocycles. The normalized spacial score (nSPS) is 32.1. The average Bonchev–Trinajstić information content (AvgIpc) is 2.28. The van der Waals surface area contributed by atoms with Gasteiger partial charge in [0, 0.05) is 11.5 Å². The van der Waals surface area contributed by atoms with Crippen LogP contribution in [0.1, 0.15) is 44.7 Å². The average molecular weight is 229 g/mol.